The van der Waals surface area contributed by atoms with Gasteiger partial charge in [-0.1, -0.05) is 0 Å². The summed E-state index contributed by atoms with van der Waals surface area (Å²) in [5.74, 6) is -3.80. The highest BCUT2D eigenvalue weighted by Gasteiger charge is 2.26. The molecule has 7 nitrogen and oxygen atoms in total. The van der Waals surface area contributed by atoms with Gasteiger partial charge in [-0.15, -0.1) is 0 Å². The minimum atomic E-state index is -4.83. The van der Waals surface area contributed by atoms with Gasteiger partial charge < -0.3 is 15.8 Å². The second-order valence-electron chi connectivity index (χ2n) is 3.68. The SMILES string of the molecule is Nc1cc2c(cc1NS(=O)(=O)C(F)F)NC(=O)CO2. The Kier molecular flexibility index (Phi) is 3.18. The van der Waals surface area contributed by atoms with Crippen LogP contribution in [0.5, 0.6) is 5.75 Å². The molecule has 0 atom stereocenters. The maximum Gasteiger partial charge on any atom is 0.355 e. The maximum absolute atomic E-state index is 12.2. The van der Waals surface area contributed by atoms with E-state index in [0.717, 1.165) is 6.07 Å². The zero-order valence-corrected chi connectivity index (χ0v) is 10.1. The number of nitrogens with one attached hydrogen (secondary N) is 2. The molecule has 1 heterocycles. The van der Waals surface area contributed by atoms with Gasteiger partial charge in [-0.25, -0.2) is 8.42 Å². The average molecular weight is 293 g/mol. The zero-order chi connectivity index (χ0) is 14.2. The van der Waals surface area contributed by atoms with Crippen molar-refractivity contribution in [2.75, 3.05) is 22.4 Å². The summed E-state index contributed by atoms with van der Waals surface area (Å²) in [6, 6.07) is 2.35. The lowest BCUT2D eigenvalue weighted by molar-refractivity contribution is -0.118. The summed E-state index contributed by atoms with van der Waals surface area (Å²) in [6.45, 7) is -0.200. The molecule has 1 aliphatic rings. The quantitative estimate of drug-likeness (QED) is 0.705. The number of rotatable bonds is 3. The maximum atomic E-state index is 12.2. The van der Waals surface area contributed by atoms with Crippen molar-refractivity contribution in [3.05, 3.63) is 12.1 Å². The predicted octanol–water partition coefficient (Wildman–Crippen LogP) is 0.564. The second-order valence-corrected chi connectivity index (χ2v) is 5.33. The molecule has 2 rings (SSSR count). The van der Waals surface area contributed by atoms with Crippen molar-refractivity contribution in [1.29, 1.82) is 0 Å². The molecular formula is C9H9F2N3O4S. The van der Waals surface area contributed by atoms with Gasteiger partial charge in [0.15, 0.2) is 6.61 Å². The Balaban J connectivity index is 2.38. The number of amides is 1. The summed E-state index contributed by atoms with van der Waals surface area (Å²) in [7, 11) is -4.83. The fourth-order valence-electron chi connectivity index (χ4n) is 1.43. The predicted molar refractivity (Wildman–Crippen MR) is 63.5 cm³/mol. The van der Waals surface area contributed by atoms with Crippen LogP contribution in [-0.4, -0.2) is 26.7 Å². The minimum absolute atomic E-state index is 0.0980. The number of alkyl halides is 2. The fraction of sp³-hybridized carbons (Fsp3) is 0.222. The summed E-state index contributed by atoms with van der Waals surface area (Å²) in [4.78, 5) is 11.1. The van der Waals surface area contributed by atoms with Crippen molar-refractivity contribution in [1.82, 2.24) is 0 Å². The highest BCUT2D eigenvalue weighted by Crippen LogP contribution is 2.35. The van der Waals surface area contributed by atoms with Crippen LogP contribution < -0.4 is 20.5 Å². The summed E-state index contributed by atoms with van der Waals surface area (Å²) in [5, 5.41) is 2.40. The van der Waals surface area contributed by atoms with Gasteiger partial charge in [-0.05, 0) is 6.07 Å². The van der Waals surface area contributed by atoms with E-state index < -0.39 is 21.7 Å². The fourth-order valence-corrected chi connectivity index (χ4v) is 2.00. The minimum Gasteiger partial charge on any atom is -0.482 e. The van der Waals surface area contributed by atoms with E-state index in [1.54, 1.807) is 4.72 Å². The molecular weight excluding hydrogens is 284 g/mol. The van der Waals surface area contributed by atoms with Crippen molar-refractivity contribution in [3.8, 4) is 5.75 Å². The third-order valence-corrected chi connectivity index (χ3v) is 3.24. The number of anilines is 3. The van der Waals surface area contributed by atoms with Crippen LogP contribution >= 0.6 is 0 Å². The van der Waals surface area contributed by atoms with E-state index in [2.05, 4.69) is 5.32 Å². The molecule has 1 amide bonds. The van der Waals surface area contributed by atoms with Gasteiger partial charge in [-0.3, -0.25) is 9.52 Å². The number of carbonyl (C=O) groups excluding carboxylic acids is 1. The normalized spacial score (nSPS) is 14.6. The van der Waals surface area contributed by atoms with E-state index in [1.165, 1.54) is 6.07 Å². The molecule has 0 radical (unpaired) electrons. The first-order chi connectivity index (χ1) is 8.79. The number of carbonyl (C=O) groups is 1. The molecule has 1 aliphatic heterocycles. The third kappa shape index (κ3) is 2.67. The lowest BCUT2D eigenvalue weighted by Crippen LogP contribution is -2.26. The molecule has 0 spiro atoms. The lowest BCUT2D eigenvalue weighted by atomic mass is 10.2. The van der Waals surface area contributed by atoms with E-state index in [-0.39, 0.29) is 29.4 Å². The molecule has 1 aromatic rings. The number of nitrogen functional groups attached to an aromatic ring is 1. The first-order valence-corrected chi connectivity index (χ1v) is 6.50. The van der Waals surface area contributed by atoms with Crippen LogP contribution in [0.3, 0.4) is 0 Å². The van der Waals surface area contributed by atoms with Crippen LogP contribution in [-0.2, 0) is 14.8 Å². The van der Waals surface area contributed by atoms with Crippen LogP contribution in [0.25, 0.3) is 0 Å². The number of ether oxygens (including phenoxy) is 1. The number of nitrogens with two attached hydrogens (primary N) is 1. The second kappa shape index (κ2) is 4.53. The Morgan fingerprint density at radius 3 is 2.74 bits per heavy atom. The molecule has 0 bridgehead atoms. The average Bonchev–Trinajstić information content (AvgIpc) is 2.30. The van der Waals surface area contributed by atoms with Gasteiger partial charge >= 0.3 is 5.76 Å². The van der Waals surface area contributed by atoms with Gasteiger partial charge in [0.05, 0.1) is 17.1 Å². The standard InChI is InChI=1S/C9H9F2N3O4S/c10-9(11)19(16,17)14-5-2-6-7(1-4(5)12)18-3-8(15)13-6/h1-2,9,14H,3,12H2,(H,13,15). The lowest BCUT2D eigenvalue weighted by Gasteiger charge is -2.20. The Hall–Kier alpha value is -2.10. The van der Waals surface area contributed by atoms with Crippen LogP contribution in [0.4, 0.5) is 25.8 Å². The van der Waals surface area contributed by atoms with E-state index in [0.29, 0.717) is 0 Å². The number of benzene rings is 1. The highest BCUT2D eigenvalue weighted by molar-refractivity contribution is 7.93. The molecule has 0 fully saturated rings. The van der Waals surface area contributed by atoms with Crippen molar-refractivity contribution in [2.45, 2.75) is 5.76 Å². The van der Waals surface area contributed by atoms with E-state index in [9.17, 15) is 22.0 Å². The summed E-state index contributed by atoms with van der Waals surface area (Å²) < 4.78 is 53.3. The van der Waals surface area contributed by atoms with Gasteiger partial charge in [0.25, 0.3) is 15.9 Å². The molecule has 1 aromatic carbocycles. The Bertz CT molecular complexity index is 633. The van der Waals surface area contributed by atoms with Crippen LogP contribution in [0.2, 0.25) is 0 Å². The highest BCUT2D eigenvalue weighted by atomic mass is 32.2. The molecule has 104 valence electrons. The molecule has 0 aromatic heterocycles. The van der Waals surface area contributed by atoms with Gasteiger partial charge in [0.2, 0.25) is 0 Å². The van der Waals surface area contributed by atoms with Crippen molar-refractivity contribution in [3.63, 3.8) is 0 Å². The van der Waals surface area contributed by atoms with Crippen LogP contribution in [0.1, 0.15) is 0 Å². The van der Waals surface area contributed by atoms with Crippen LogP contribution in [0.15, 0.2) is 12.1 Å². The molecule has 0 saturated heterocycles. The molecule has 19 heavy (non-hydrogen) atoms. The van der Waals surface area contributed by atoms with Crippen molar-refractivity contribution in [2.24, 2.45) is 0 Å². The summed E-state index contributed by atoms with van der Waals surface area (Å²) >= 11 is 0. The van der Waals surface area contributed by atoms with E-state index >= 15 is 0 Å². The van der Waals surface area contributed by atoms with Crippen molar-refractivity contribution >= 4 is 33.0 Å². The smallest absolute Gasteiger partial charge is 0.355 e. The molecule has 0 aliphatic carbocycles. The summed E-state index contributed by atoms with van der Waals surface area (Å²) in [5.41, 5.74) is 5.32. The first kappa shape index (κ1) is 13.3. The number of hydrogen-bond acceptors (Lipinski definition) is 5. The molecule has 0 unspecified atom stereocenters. The van der Waals surface area contributed by atoms with Crippen molar-refractivity contribution < 1.29 is 26.7 Å². The topological polar surface area (TPSA) is 111 Å². The van der Waals surface area contributed by atoms with Gasteiger partial charge in [0, 0.05) is 6.07 Å². The van der Waals surface area contributed by atoms with E-state index in [1.807, 2.05) is 0 Å². The largest absolute Gasteiger partial charge is 0.482 e. The number of halogens is 2. The third-order valence-electron chi connectivity index (χ3n) is 2.27. The van der Waals surface area contributed by atoms with Gasteiger partial charge in [0.1, 0.15) is 5.75 Å². The first-order valence-electron chi connectivity index (χ1n) is 4.95. The Labute approximate surface area is 106 Å². The molecule has 10 heteroatoms. The van der Waals surface area contributed by atoms with Crippen LogP contribution in [0, 0.1) is 0 Å². The Morgan fingerprint density at radius 2 is 2.11 bits per heavy atom. The monoisotopic (exact) mass is 293 g/mol. The van der Waals surface area contributed by atoms with E-state index in [4.69, 9.17) is 10.5 Å². The molecule has 4 N–H and O–H groups in total. The zero-order valence-electron chi connectivity index (χ0n) is 9.31. The Morgan fingerprint density at radius 1 is 1.42 bits per heavy atom. The summed E-state index contributed by atoms with van der Waals surface area (Å²) in [6.07, 6.45) is 0. The molecule has 0 saturated carbocycles. The number of fused-ring (bicyclic) bond motifs is 1. The number of sulfonamides is 1. The number of hydrogen-bond donors (Lipinski definition) is 3. The van der Waals surface area contributed by atoms with Gasteiger partial charge in [-0.2, -0.15) is 8.78 Å².